The second kappa shape index (κ2) is 5.85. The van der Waals surface area contributed by atoms with Gasteiger partial charge in [0.2, 0.25) is 0 Å². The van der Waals surface area contributed by atoms with Crippen LogP contribution in [0.3, 0.4) is 0 Å². The Bertz CT molecular complexity index is 843. The zero-order valence-corrected chi connectivity index (χ0v) is 13.1. The van der Waals surface area contributed by atoms with Crippen LogP contribution in [0.5, 0.6) is 0 Å². The van der Waals surface area contributed by atoms with E-state index >= 15 is 0 Å². The molecule has 0 saturated carbocycles. The number of amides is 1. The van der Waals surface area contributed by atoms with E-state index in [0.717, 1.165) is 16.3 Å². The van der Waals surface area contributed by atoms with Crippen molar-refractivity contribution >= 4 is 16.7 Å². The third-order valence-electron chi connectivity index (χ3n) is 4.24. The van der Waals surface area contributed by atoms with Crippen molar-refractivity contribution in [2.45, 2.75) is 18.9 Å². The summed E-state index contributed by atoms with van der Waals surface area (Å²) in [4.78, 5) is 18.8. The number of imidazole rings is 1. The number of nitrogens with one attached hydrogen (secondary N) is 2. The van der Waals surface area contributed by atoms with Gasteiger partial charge in [-0.1, -0.05) is 25.1 Å². The fourth-order valence-electron chi connectivity index (χ4n) is 2.81. The van der Waals surface area contributed by atoms with Crippen LogP contribution < -0.4 is 5.32 Å². The second-order valence-corrected chi connectivity index (χ2v) is 5.52. The Morgan fingerprint density at radius 1 is 1.26 bits per heavy atom. The Hall–Kier alpha value is -2.66. The monoisotopic (exact) mass is 309 g/mol. The summed E-state index contributed by atoms with van der Waals surface area (Å²) in [7, 11) is 1.61. The molecule has 0 aliphatic heterocycles. The number of H-pyrrole nitrogens is 1. The molecule has 2 aromatic carbocycles. The number of rotatable bonds is 4. The van der Waals surface area contributed by atoms with Crippen LogP contribution in [0.15, 0.2) is 48.9 Å². The van der Waals surface area contributed by atoms with Crippen LogP contribution in [-0.2, 0) is 5.60 Å². The van der Waals surface area contributed by atoms with Crippen molar-refractivity contribution in [3.63, 3.8) is 0 Å². The highest BCUT2D eigenvalue weighted by Crippen LogP contribution is 2.33. The van der Waals surface area contributed by atoms with Gasteiger partial charge in [0.1, 0.15) is 5.60 Å². The summed E-state index contributed by atoms with van der Waals surface area (Å²) in [5.41, 5.74) is 0.868. The predicted octanol–water partition coefficient (Wildman–Crippen LogP) is 2.57. The van der Waals surface area contributed by atoms with Gasteiger partial charge in [-0.05, 0) is 41.0 Å². The van der Waals surface area contributed by atoms with Crippen LogP contribution in [0.1, 0.15) is 35.0 Å². The average Bonchev–Trinajstić information content (AvgIpc) is 3.14. The van der Waals surface area contributed by atoms with E-state index in [1.807, 2.05) is 37.3 Å². The molecule has 118 valence electrons. The first-order valence-electron chi connectivity index (χ1n) is 7.56. The first-order chi connectivity index (χ1) is 11.1. The molecule has 0 bridgehead atoms. The van der Waals surface area contributed by atoms with Gasteiger partial charge in [-0.3, -0.25) is 4.79 Å². The number of aliphatic hydroxyl groups is 1. The number of carbonyl (C=O) groups is 1. The van der Waals surface area contributed by atoms with E-state index in [4.69, 9.17) is 0 Å². The lowest BCUT2D eigenvalue weighted by Crippen LogP contribution is -2.26. The first kappa shape index (κ1) is 15.2. The van der Waals surface area contributed by atoms with Gasteiger partial charge in [-0.25, -0.2) is 4.98 Å². The highest BCUT2D eigenvalue weighted by molar-refractivity contribution is 5.98. The number of hydrogen-bond acceptors (Lipinski definition) is 3. The van der Waals surface area contributed by atoms with Crippen molar-refractivity contribution in [2.75, 3.05) is 7.05 Å². The molecule has 3 aromatic rings. The third-order valence-corrected chi connectivity index (χ3v) is 4.24. The summed E-state index contributed by atoms with van der Waals surface area (Å²) in [6, 6.07) is 11.3. The Morgan fingerprint density at radius 2 is 2.00 bits per heavy atom. The highest BCUT2D eigenvalue weighted by Gasteiger charge is 2.31. The molecule has 5 heteroatoms. The molecule has 0 radical (unpaired) electrons. The number of aromatic amines is 1. The molecule has 1 amide bonds. The van der Waals surface area contributed by atoms with E-state index in [2.05, 4.69) is 15.3 Å². The van der Waals surface area contributed by atoms with Crippen LogP contribution in [-0.4, -0.2) is 28.0 Å². The predicted molar refractivity (Wildman–Crippen MR) is 89.2 cm³/mol. The molecule has 0 saturated heterocycles. The lowest BCUT2D eigenvalue weighted by Gasteiger charge is -2.25. The molecule has 1 unspecified atom stereocenters. The topological polar surface area (TPSA) is 78.0 Å². The van der Waals surface area contributed by atoms with E-state index in [9.17, 15) is 9.90 Å². The Morgan fingerprint density at radius 3 is 2.65 bits per heavy atom. The van der Waals surface area contributed by atoms with Gasteiger partial charge in [0.05, 0.1) is 12.0 Å². The molecule has 0 aliphatic carbocycles. The summed E-state index contributed by atoms with van der Waals surface area (Å²) in [6.07, 6.45) is 3.79. The zero-order chi connectivity index (χ0) is 16.4. The van der Waals surface area contributed by atoms with Crippen LogP contribution in [0.2, 0.25) is 0 Å². The highest BCUT2D eigenvalue weighted by atomic mass is 16.3. The van der Waals surface area contributed by atoms with E-state index in [1.165, 1.54) is 0 Å². The maximum atomic E-state index is 11.7. The van der Waals surface area contributed by atoms with Crippen molar-refractivity contribution in [1.82, 2.24) is 15.3 Å². The van der Waals surface area contributed by atoms with Crippen LogP contribution in [0.25, 0.3) is 10.8 Å². The first-order valence-corrected chi connectivity index (χ1v) is 7.56. The maximum absolute atomic E-state index is 11.7. The Labute approximate surface area is 134 Å². The summed E-state index contributed by atoms with van der Waals surface area (Å²) in [5, 5.41) is 15.6. The minimum absolute atomic E-state index is 0.113. The molecule has 1 aromatic heterocycles. The zero-order valence-electron chi connectivity index (χ0n) is 13.1. The molecule has 0 fully saturated rings. The van der Waals surface area contributed by atoms with Crippen LogP contribution >= 0.6 is 0 Å². The second-order valence-electron chi connectivity index (χ2n) is 5.52. The third kappa shape index (κ3) is 2.59. The van der Waals surface area contributed by atoms with Gasteiger partial charge in [-0.2, -0.15) is 0 Å². The van der Waals surface area contributed by atoms with E-state index < -0.39 is 5.60 Å². The van der Waals surface area contributed by atoms with Crippen molar-refractivity contribution < 1.29 is 9.90 Å². The number of nitrogens with zero attached hydrogens (tertiary/aromatic N) is 1. The molecule has 1 atom stereocenters. The summed E-state index contributed by atoms with van der Waals surface area (Å²) in [6.45, 7) is 1.92. The lowest BCUT2D eigenvalue weighted by atomic mass is 9.87. The number of carbonyl (C=O) groups excluding carboxylic acids is 1. The smallest absolute Gasteiger partial charge is 0.251 e. The summed E-state index contributed by atoms with van der Waals surface area (Å²) in [5.74, 6) is -0.113. The fraction of sp³-hybridized carbons (Fsp3) is 0.222. The summed E-state index contributed by atoms with van der Waals surface area (Å²) < 4.78 is 0. The number of benzene rings is 2. The Kier molecular flexibility index (Phi) is 3.88. The standard InChI is InChI=1S/C18H19N3O2/c1-3-18(23,16-10-20-11-21-16)15-7-6-12-8-14(17(22)19-2)5-4-13(12)9-15/h4-11,23H,3H2,1-2H3,(H,19,22)(H,20,21). The minimum atomic E-state index is -1.13. The number of hydrogen-bond donors (Lipinski definition) is 3. The number of aromatic nitrogens is 2. The van der Waals surface area contributed by atoms with Crippen LogP contribution in [0.4, 0.5) is 0 Å². The van der Waals surface area contributed by atoms with Gasteiger partial charge in [0.15, 0.2) is 0 Å². The lowest BCUT2D eigenvalue weighted by molar-refractivity contribution is 0.0725. The fourth-order valence-corrected chi connectivity index (χ4v) is 2.81. The molecule has 1 heterocycles. The maximum Gasteiger partial charge on any atom is 0.251 e. The van der Waals surface area contributed by atoms with Crippen molar-refractivity contribution in [2.24, 2.45) is 0 Å². The average molecular weight is 309 g/mol. The molecular weight excluding hydrogens is 290 g/mol. The van der Waals surface area contributed by atoms with Gasteiger partial charge >= 0.3 is 0 Å². The SMILES string of the molecule is CCC(O)(c1ccc2cc(C(=O)NC)ccc2c1)c1c[nH]cn1. The Balaban J connectivity index is 2.08. The van der Waals surface area contributed by atoms with Crippen molar-refractivity contribution in [3.8, 4) is 0 Å². The quantitative estimate of drug-likeness (QED) is 0.693. The van der Waals surface area contributed by atoms with Gasteiger partial charge < -0.3 is 15.4 Å². The van der Waals surface area contributed by atoms with Gasteiger partial charge in [-0.15, -0.1) is 0 Å². The van der Waals surface area contributed by atoms with Crippen LogP contribution in [0, 0.1) is 0 Å². The molecule has 0 spiro atoms. The molecule has 0 aliphatic rings. The molecule has 3 N–H and O–H groups in total. The van der Waals surface area contributed by atoms with E-state index in [-0.39, 0.29) is 5.91 Å². The van der Waals surface area contributed by atoms with Gasteiger partial charge in [0, 0.05) is 18.8 Å². The van der Waals surface area contributed by atoms with Crippen molar-refractivity contribution in [1.29, 1.82) is 0 Å². The normalized spacial score (nSPS) is 13.7. The molecular formula is C18H19N3O2. The number of fused-ring (bicyclic) bond motifs is 1. The van der Waals surface area contributed by atoms with E-state index in [1.54, 1.807) is 25.6 Å². The molecule has 3 rings (SSSR count). The van der Waals surface area contributed by atoms with E-state index in [0.29, 0.717) is 17.7 Å². The molecule has 5 nitrogen and oxygen atoms in total. The van der Waals surface area contributed by atoms with Gasteiger partial charge in [0.25, 0.3) is 5.91 Å². The summed E-state index contributed by atoms with van der Waals surface area (Å²) >= 11 is 0. The minimum Gasteiger partial charge on any atom is -0.379 e. The van der Waals surface area contributed by atoms with Crippen molar-refractivity contribution in [3.05, 3.63) is 65.7 Å². The largest absolute Gasteiger partial charge is 0.379 e. The molecule has 23 heavy (non-hydrogen) atoms.